The van der Waals surface area contributed by atoms with Crippen molar-refractivity contribution in [3.8, 4) is 0 Å². The summed E-state index contributed by atoms with van der Waals surface area (Å²) in [7, 11) is 4.24. The monoisotopic (exact) mass is 372 g/mol. The van der Waals surface area contributed by atoms with Gasteiger partial charge in [-0.1, -0.05) is 62.5 Å². The van der Waals surface area contributed by atoms with Crippen LogP contribution in [0, 0.1) is 0 Å². The molecule has 0 aliphatic heterocycles. The maximum atomic E-state index is 10.6. The number of nitrogens with zero attached hydrogens (tertiary/aromatic N) is 1. The third kappa shape index (κ3) is 12.3. The Bertz CT molecular complexity index is 537. The molecule has 0 unspecified atom stereocenters. The fourth-order valence-corrected chi connectivity index (χ4v) is 3.42. The summed E-state index contributed by atoms with van der Waals surface area (Å²) >= 11 is 0. The van der Waals surface area contributed by atoms with Crippen LogP contribution in [0.4, 0.5) is 5.69 Å². The Hall–Kier alpha value is -1.77. The summed E-state index contributed by atoms with van der Waals surface area (Å²) in [4.78, 5) is 12.8. The van der Waals surface area contributed by atoms with E-state index in [4.69, 9.17) is 5.73 Å². The quantitative estimate of drug-likeness (QED) is 0.285. The Morgan fingerprint density at radius 1 is 0.852 bits per heavy atom. The second-order valence-electron chi connectivity index (χ2n) is 7.72. The number of hydrogen-bond acceptors (Lipinski definition) is 2. The summed E-state index contributed by atoms with van der Waals surface area (Å²) < 4.78 is 0. The number of hydrogen-bond donors (Lipinski definition) is 1. The Morgan fingerprint density at radius 2 is 1.41 bits per heavy atom. The first-order chi connectivity index (χ1) is 13.1. The smallest absolute Gasteiger partial charge is 0.217 e. The van der Waals surface area contributed by atoms with E-state index in [2.05, 4.69) is 55.4 Å². The normalized spacial score (nSPS) is 11.2. The van der Waals surface area contributed by atoms with Crippen LogP contribution in [0.1, 0.15) is 82.6 Å². The lowest BCUT2D eigenvalue weighted by Gasteiger charge is -2.17. The molecule has 0 radical (unpaired) electrons. The van der Waals surface area contributed by atoms with Gasteiger partial charge in [-0.2, -0.15) is 0 Å². The number of amides is 1. The van der Waals surface area contributed by atoms with Crippen molar-refractivity contribution >= 4 is 11.6 Å². The van der Waals surface area contributed by atoms with Gasteiger partial charge in [0.15, 0.2) is 0 Å². The highest BCUT2D eigenvalue weighted by molar-refractivity contribution is 5.73. The van der Waals surface area contributed by atoms with Crippen LogP contribution in [-0.4, -0.2) is 20.0 Å². The van der Waals surface area contributed by atoms with E-state index >= 15 is 0 Å². The first kappa shape index (κ1) is 23.3. The molecule has 0 aromatic heterocycles. The number of aryl methyl sites for hydroxylation is 1. The Balaban J connectivity index is 1.93. The fraction of sp³-hybridized carbons (Fsp3) is 0.625. The molecule has 2 N–H and O–H groups in total. The Labute approximate surface area is 167 Å². The van der Waals surface area contributed by atoms with Crippen molar-refractivity contribution < 1.29 is 4.79 Å². The van der Waals surface area contributed by atoms with Gasteiger partial charge in [0.1, 0.15) is 0 Å². The largest absolute Gasteiger partial charge is 0.377 e. The van der Waals surface area contributed by atoms with Crippen molar-refractivity contribution in [2.75, 3.05) is 19.0 Å². The fourth-order valence-electron chi connectivity index (χ4n) is 3.42. The maximum absolute atomic E-state index is 10.6. The summed E-state index contributed by atoms with van der Waals surface area (Å²) in [5.41, 5.74) is 7.96. The molecule has 0 spiro atoms. The number of benzene rings is 1. The van der Waals surface area contributed by atoms with Crippen LogP contribution in [0.5, 0.6) is 0 Å². The van der Waals surface area contributed by atoms with Crippen molar-refractivity contribution in [3.63, 3.8) is 0 Å². The first-order valence-corrected chi connectivity index (χ1v) is 10.8. The lowest BCUT2D eigenvalue weighted by Crippen LogP contribution is -2.11. The van der Waals surface area contributed by atoms with E-state index < -0.39 is 0 Å². The number of rotatable bonds is 16. The minimum absolute atomic E-state index is 0.170. The molecular formula is C24H40N2O. The predicted molar refractivity (Wildman–Crippen MR) is 118 cm³/mol. The molecule has 0 aliphatic rings. The van der Waals surface area contributed by atoms with Gasteiger partial charge in [0.05, 0.1) is 0 Å². The standard InChI is InChI=1S/C24H40N2O/c1-26(2)23-20-17-16-19-22(23)18-14-12-10-8-6-4-3-5-7-9-11-13-15-21-24(25)27/h3-4,16-17,19-20H,5-15,18,21H2,1-2H3,(H2,25,27)/b4-3-. The number of primary amides is 1. The Morgan fingerprint density at radius 3 is 2.04 bits per heavy atom. The number of carbonyl (C=O) groups excluding carboxylic acids is 1. The number of anilines is 1. The zero-order valence-electron chi connectivity index (χ0n) is 17.6. The zero-order chi connectivity index (χ0) is 19.7. The molecule has 0 fully saturated rings. The van der Waals surface area contributed by atoms with Crippen LogP contribution >= 0.6 is 0 Å². The molecular weight excluding hydrogens is 332 g/mol. The lowest BCUT2D eigenvalue weighted by atomic mass is 10.0. The molecule has 0 bridgehead atoms. The second-order valence-corrected chi connectivity index (χ2v) is 7.72. The number of allylic oxidation sites excluding steroid dienone is 2. The van der Waals surface area contributed by atoms with Gasteiger partial charge in [-0.25, -0.2) is 0 Å². The number of carbonyl (C=O) groups is 1. The van der Waals surface area contributed by atoms with E-state index in [9.17, 15) is 4.79 Å². The predicted octanol–water partition coefficient (Wildman–Crippen LogP) is 6.02. The van der Waals surface area contributed by atoms with Gasteiger partial charge in [0, 0.05) is 26.2 Å². The van der Waals surface area contributed by atoms with E-state index in [0.29, 0.717) is 6.42 Å². The average Bonchev–Trinajstić information content (AvgIpc) is 2.64. The summed E-state index contributed by atoms with van der Waals surface area (Å²) in [6.45, 7) is 0. The van der Waals surface area contributed by atoms with Gasteiger partial charge in [-0.15, -0.1) is 0 Å². The number of unbranched alkanes of at least 4 members (excludes halogenated alkanes) is 9. The van der Waals surface area contributed by atoms with Crippen LogP contribution in [0.3, 0.4) is 0 Å². The highest BCUT2D eigenvalue weighted by Gasteiger charge is 2.02. The summed E-state index contributed by atoms with van der Waals surface area (Å²) in [6.07, 6.45) is 19.9. The SMILES string of the molecule is CN(C)c1ccccc1CCCCCC/C=C\CCCCCCCC(N)=O. The highest BCUT2D eigenvalue weighted by Crippen LogP contribution is 2.20. The zero-order valence-corrected chi connectivity index (χ0v) is 17.6. The molecule has 27 heavy (non-hydrogen) atoms. The van der Waals surface area contributed by atoms with Gasteiger partial charge in [0.2, 0.25) is 5.91 Å². The van der Waals surface area contributed by atoms with Crippen molar-refractivity contribution in [2.45, 2.75) is 83.5 Å². The third-order valence-electron chi connectivity index (χ3n) is 5.00. The number of para-hydroxylation sites is 1. The molecule has 3 heteroatoms. The molecule has 1 aromatic carbocycles. The van der Waals surface area contributed by atoms with E-state index in [1.807, 2.05) is 0 Å². The van der Waals surface area contributed by atoms with Crippen molar-refractivity contribution in [1.29, 1.82) is 0 Å². The van der Waals surface area contributed by atoms with Crippen LogP contribution in [0.2, 0.25) is 0 Å². The first-order valence-electron chi connectivity index (χ1n) is 10.8. The van der Waals surface area contributed by atoms with Crippen LogP contribution in [0.15, 0.2) is 36.4 Å². The summed E-state index contributed by atoms with van der Waals surface area (Å²) in [5.74, 6) is -0.170. The molecule has 3 nitrogen and oxygen atoms in total. The van der Waals surface area contributed by atoms with Gasteiger partial charge in [-0.05, 0) is 56.6 Å². The summed E-state index contributed by atoms with van der Waals surface area (Å²) in [5, 5.41) is 0. The van der Waals surface area contributed by atoms with E-state index in [-0.39, 0.29) is 5.91 Å². The van der Waals surface area contributed by atoms with Crippen molar-refractivity contribution in [1.82, 2.24) is 0 Å². The van der Waals surface area contributed by atoms with Gasteiger partial charge >= 0.3 is 0 Å². The molecule has 0 saturated heterocycles. The molecule has 0 aliphatic carbocycles. The van der Waals surface area contributed by atoms with Gasteiger partial charge in [0.25, 0.3) is 0 Å². The minimum Gasteiger partial charge on any atom is -0.377 e. The van der Waals surface area contributed by atoms with Crippen LogP contribution < -0.4 is 10.6 Å². The molecule has 1 amide bonds. The van der Waals surface area contributed by atoms with Gasteiger partial charge in [-0.3, -0.25) is 4.79 Å². The molecule has 1 aromatic rings. The molecule has 0 saturated carbocycles. The molecule has 0 atom stereocenters. The third-order valence-corrected chi connectivity index (χ3v) is 5.00. The molecule has 1 rings (SSSR count). The lowest BCUT2D eigenvalue weighted by molar-refractivity contribution is -0.118. The van der Waals surface area contributed by atoms with Crippen molar-refractivity contribution in [2.24, 2.45) is 5.73 Å². The second kappa shape index (κ2) is 15.3. The number of nitrogens with two attached hydrogens (primary N) is 1. The highest BCUT2D eigenvalue weighted by atomic mass is 16.1. The average molecular weight is 373 g/mol. The Kier molecular flexibility index (Phi) is 13.2. The topological polar surface area (TPSA) is 46.3 Å². The minimum atomic E-state index is -0.170. The van der Waals surface area contributed by atoms with Crippen LogP contribution in [-0.2, 0) is 11.2 Å². The van der Waals surface area contributed by atoms with E-state index in [1.165, 1.54) is 75.5 Å². The van der Waals surface area contributed by atoms with Gasteiger partial charge < -0.3 is 10.6 Å². The van der Waals surface area contributed by atoms with E-state index in [1.54, 1.807) is 0 Å². The molecule has 0 heterocycles. The van der Waals surface area contributed by atoms with E-state index in [0.717, 1.165) is 12.8 Å². The molecule has 152 valence electrons. The van der Waals surface area contributed by atoms with Crippen LogP contribution in [0.25, 0.3) is 0 Å². The summed E-state index contributed by atoms with van der Waals surface area (Å²) in [6, 6.07) is 8.74. The van der Waals surface area contributed by atoms with Crippen molar-refractivity contribution in [3.05, 3.63) is 42.0 Å². The maximum Gasteiger partial charge on any atom is 0.217 e.